The smallest absolute Gasteiger partial charge is 0.211 e. The van der Waals surface area contributed by atoms with Crippen LogP contribution in [0.15, 0.2) is 55.2 Å². The largest absolute Gasteiger partial charge is 0.218 e. The Morgan fingerprint density at radius 2 is 1.70 bits per heavy atom. The van der Waals surface area contributed by atoms with E-state index in [2.05, 4.69) is 67.9 Å². The van der Waals surface area contributed by atoms with Crippen LogP contribution in [0, 0.1) is 13.8 Å². The molecule has 0 saturated carbocycles. The lowest BCUT2D eigenvalue weighted by molar-refractivity contribution is -0.362. The number of benzene rings is 2. The molecule has 1 heterocycles. The van der Waals surface area contributed by atoms with Gasteiger partial charge in [0.2, 0.25) is 5.69 Å². The molecule has 98 valence electrons. The maximum absolute atomic E-state index is 3.90. The highest BCUT2D eigenvalue weighted by atomic mass is 14.7. The van der Waals surface area contributed by atoms with E-state index < -0.39 is 0 Å². The zero-order valence-electron chi connectivity index (χ0n) is 11.9. The molecule has 0 unspecified atom stereocenters. The zero-order chi connectivity index (χ0) is 14.1. The number of hydrogen-bond donors (Lipinski definition) is 0. The number of nitrogens with one attached hydrogen (secondary N) is 1. The molecule has 0 bridgehead atoms. The normalized spacial score (nSPS) is 10.7. The fraction of sp³-hybridized carbons (Fsp3) is 0.105. The third-order valence-corrected chi connectivity index (χ3v) is 3.62. The van der Waals surface area contributed by atoms with Crippen LogP contribution >= 0.6 is 0 Å². The Kier molecular flexibility index (Phi) is 3.11. The summed E-state index contributed by atoms with van der Waals surface area (Å²) in [5.74, 6) is 0. The lowest BCUT2D eigenvalue weighted by Crippen LogP contribution is -2.06. The Morgan fingerprint density at radius 1 is 0.950 bits per heavy atom. The van der Waals surface area contributed by atoms with Crippen LogP contribution in [0.3, 0.4) is 0 Å². The first-order valence-corrected chi connectivity index (χ1v) is 6.83. The molecule has 3 aromatic rings. The first-order valence-electron chi connectivity index (χ1n) is 6.83. The van der Waals surface area contributed by atoms with Crippen molar-refractivity contribution in [1.29, 1.82) is 0 Å². The number of aromatic amines is 1. The van der Waals surface area contributed by atoms with Gasteiger partial charge in [0.25, 0.3) is 0 Å². The maximum Gasteiger partial charge on any atom is 0.218 e. The molecular weight excluding hydrogens is 242 g/mol. The predicted molar refractivity (Wildman–Crippen MR) is 85.5 cm³/mol. The summed E-state index contributed by atoms with van der Waals surface area (Å²) in [6.45, 7) is 8.17. The molecule has 2 aromatic carbocycles. The molecule has 1 N–H and O–H groups in total. The highest BCUT2D eigenvalue weighted by molar-refractivity contribution is 5.97. The number of aryl methyl sites for hydroxylation is 2. The summed E-state index contributed by atoms with van der Waals surface area (Å²) in [6, 6.07) is 15.1. The number of fused-ring (bicyclic) bond motifs is 1. The summed E-state index contributed by atoms with van der Waals surface area (Å²) in [4.78, 5) is 3.40. The van der Waals surface area contributed by atoms with Crippen molar-refractivity contribution in [3.05, 3.63) is 71.9 Å². The van der Waals surface area contributed by atoms with Crippen molar-refractivity contribution in [2.24, 2.45) is 0 Å². The summed E-state index contributed by atoms with van der Waals surface area (Å²) < 4.78 is 0. The van der Waals surface area contributed by atoms with Crippen molar-refractivity contribution in [3.8, 4) is 11.3 Å². The molecule has 0 radical (unpaired) electrons. The van der Waals surface area contributed by atoms with Gasteiger partial charge in [0.15, 0.2) is 6.20 Å². The van der Waals surface area contributed by atoms with E-state index in [0.717, 1.165) is 5.69 Å². The summed E-state index contributed by atoms with van der Waals surface area (Å²) in [5.41, 5.74) is 6.13. The lowest BCUT2D eigenvalue weighted by atomic mass is 9.98. The topological polar surface area (TPSA) is 14.1 Å². The Hall–Kier alpha value is -2.41. The molecule has 0 aliphatic heterocycles. The Bertz CT molecular complexity index is 780. The Balaban J connectivity index is 2.34. The maximum atomic E-state index is 3.90. The van der Waals surface area contributed by atoms with E-state index in [-0.39, 0.29) is 0 Å². The van der Waals surface area contributed by atoms with Gasteiger partial charge in [-0.1, -0.05) is 42.0 Å². The molecular formula is C19H18N+. The molecule has 1 nitrogen and oxygen atoms in total. The second-order valence-electron chi connectivity index (χ2n) is 5.24. The fourth-order valence-corrected chi connectivity index (χ4v) is 2.81. The van der Waals surface area contributed by atoms with Crippen LogP contribution in [0.5, 0.6) is 0 Å². The number of hydrogen-bond acceptors (Lipinski definition) is 0. The van der Waals surface area contributed by atoms with Crippen LogP contribution in [-0.4, -0.2) is 0 Å². The summed E-state index contributed by atoms with van der Waals surface area (Å²) in [6.07, 6.45) is 3.91. The highest BCUT2D eigenvalue weighted by Crippen LogP contribution is 2.28. The minimum atomic E-state index is 1.16. The van der Waals surface area contributed by atoms with Crippen LogP contribution in [0.25, 0.3) is 28.1 Å². The van der Waals surface area contributed by atoms with Gasteiger partial charge in [-0.3, -0.25) is 0 Å². The summed E-state index contributed by atoms with van der Waals surface area (Å²) in [5, 5.41) is 2.46. The van der Waals surface area contributed by atoms with E-state index in [0.29, 0.717) is 0 Å². The van der Waals surface area contributed by atoms with E-state index in [1.807, 2.05) is 12.3 Å². The van der Waals surface area contributed by atoms with Crippen molar-refractivity contribution in [2.75, 3.05) is 0 Å². The number of aromatic nitrogens is 1. The minimum absolute atomic E-state index is 1.16. The highest BCUT2D eigenvalue weighted by Gasteiger charge is 2.12. The van der Waals surface area contributed by atoms with E-state index >= 15 is 0 Å². The van der Waals surface area contributed by atoms with Crippen LogP contribution < -0.4 is 4.98 Å². The van der Waals surface area contributed by atoms with Gasteiger partial charge in [0.1, 0.15) is 0 Å². The average Bonchev–Trinajstić information content (AvgIpc) is 2.45. The minimum Gasteiger partial charge on any atom is -0.211 e. The predicted octanol–water partition coefficient (Wildman–Crippen LogP) is 4.58. The van der Waals surface area contributed by atoms with E-state index in [1.54, 1.807) is 0 Å². The van der Waals surface area contributed by atoms with E-state index in [4.69, 9.17) is 0 Å². The van der Waals surface area contributed by atoms with Crippen LogP contribution in [0.2, 0.25) is 0 Å². The van der Waals surface area contributed by atoms with Crippen LogP contribution in [0.1, 0.15) is 16.7 Å². The summed E-state index contributed by atoms with van der Waals surface area (Å²) >= 11 is 0. The molecule has 0 spiro atoms. The molecule has 0 saturated heterocycles. The molecule has 0 amide bonds. The number of H-pyrrole nitrogens is 1. The molecule has 0 fully saturated rings. The monoisotopic (exact) mass is 260 g/mol. The molecule has 0 atom stereocenters. The third kappa shape index (κ3) is 2.12. The van der Waals surface area contributed by atoms with Gasteiger partial charge in [-0.15, -0.1) is 0 Å². The summed E-state index contributed by atoms with van der Waals surface area (Å²) in [7, 11) is 0. The van der Waals surface area contributed by atoms with Gasteiger partial charge in [-0.05, 0) is 37.6 Å². The molecule has 0 aliphatic carbocycles. The number of pyridine rings is 1. The second-order valence-corrected chi connectivity index (χ2v) is 5.24. The molecule has 20 heavy (non-hydrogen) atoms. The van der Waals surface area contributed by atoms with Crippen molar-refractivity contribution in [2.45, 2.75) is 13.8 Å². The van der Waals surface area contributed by atoms with Gasteiger partial charge < -0.3 is 0 Å². The SMILES string of the molecule is C=Cc1cccc2c(-c3cc(C)cc(C)c3)[nH+]ccc12. The Morgan fingerprint density at radius 3 is 2.40 bits per heavy atom. The second kappa shape index (κ2) is 4.93. The quantitative estimate of drug-likeness (QED) is 0.640. The van der Waals surface area contributed by atoms with Gasteiger partial charge >= 0.3 is 0 Å². The molecule has 0 aliphatic rings. The third-order valence-electron chi connectivity index (χ3n) is 3.62. The molecule has 1 heteroatoms. The first-order chi connectivity index (χ1) is 9.69. The van der Waals surface area contributed by atoms with Gasteiger partial charge in [0.05, 0.1) is 5.39 Å². The van der Waals surface area contributed by atoms with Crippen molar-refractivity contribution in [1.82, 2.24) is 0 Å². The van der Waals surface area contributed by atoms with Crippen LogP contribution in [0.4, 0.5) is 0 Å². The van der Waals surface area contributed by atoms with Gasteiger partial charge in [-0.25, -0.2) is 4.98 Å². The first kappa shape index (κ1) is 12.6. The molecule has 3 rings (SSSR count). The van der Waals surface area contributed by atoms with Gasteiger partial charge in [0, 0.05) is 17.0 Å². The molecule has 1 aromatic heterocycles. The van der Waals surface area contributed by atoms with Crippen molar-refractivity contribution in [3.63, 3.8) is 0 Å². The zero-order valence-corrected chi connectivity index (χ0v) is 11.9. The van der Waals surface area contributed by atoms with Crippen LogP contribution in [-0.2, 0) is 0 Å². The van der Waals surface area contributed by atoms with Crippen molar-refractivity contribution < 1.29 is 4.98 Å². The fourth-order valence-electron chi connectivity index (χ4n) is 2.81. The standard InChI is InChI=1S/C19H17N/c1-4-15-6-5-7-18-17(15)8-9-20-19(18)16-11-13(2)10-14(3)12-16/h4-12H,1H2,2-3H3/p+1. The Labute approximate surface area is 119 Å². The van der Waals surface area contributed by atoms with Gasteiger partial charge in [-0.2, -0.15) is 0 Å². The van der Waals surface area contributed by atoms with E-state index in [9.17, 15) is 0 Å². The number of rotatable bonds is 2. The average molecular weight is 260 g/mol. The lowest BCUT2D eigenvalue weighted by Gasteiger charge is -2.05. The van der Waals surface area contributed by atoms with Crippen molar-refractivity contribution >= 4 is 16.8 Å². The van der Waals surface area contributed by atoms with E-state index in [1.165, 1.54) is 33.0 Å².